The van der Waals surface area contributed by atoms with Crippen molar-refractivity contribution in [3.8, 4) is 0 Å². The second-order valence-corrected chi connectivity index (χ2v) is 5.74. The van der Waals surface area contributed by atoms with Gasteiger partial charge < -0.3 is 15.0 Å². The van der Waals surface area contributed by atoms with E-state index in [4.69, 9.17) is 0 Å². The van der Waals surface area contributed by atoms with Gasteiger partial charge in [0.15, 0.2) is 0 Å². The van der Waals surface area contributed by atoms with Crippen molar-refractivity contribution in [2.24, 2.45) is 5.92 Å². The molecule has 0 aliphatic rings. The first kappa shape index (κ1) is 15.2. The third-order valence-electron chi connectivity index (χ3n) is 2.86. The fraction of sp³-hybridized carbons (Fsp3) is 0.786. The van der Waals surface area contributed by atoms with Crippen molar-refractivity contribution >= 4 is 0 Å². The van der Waals surface area contributed by atoms with Crippen LogP contribution in [0.2, 0.25) is 0 Å². The van der Waals surface area contributed by atoms with Crippen molar-refractivity contribution in [3.05, 3.63) is 18.2 Å². The molecule has 1 atom stereocenters. The molecule has 2 N–H and O–H groups in total. The lowest BCUT2D eigenvalue weighted by atomic mass is 10.0. The molecule has 0 fully saturated rings. The molecular weight excluding hydrogens is 226 g/mol. The summed E-state index contributed by atoms with van der Waals surface area (Å²) in [6.07, 6.45) is 5.46. The van der Waals surface area contributed by atoms with E-state index >= 15 is 0 Å². The van der Waals surface area contributed by atoms with Crippen molar-refractivity contribution in [2.75, 3.05) is 13.1 Å². The molecule has 0 amide bonds. The maximum Gasteiger partial charge on any atom is 0.111 e. The maximum atomic E-state index is 10.4. The van der Waals surface area contributed by atoms with E-state index in [2.05, 4.69) is 35.6 Å². The summed E-state index contributed by atoms with van der Waals surface area (Å²) in [5.74, 6) is 1.57. The van der Waals surface area contributed by atoms with Crippen LogP contribution in [0.15, 0.2) is 12.4 Å². The van der Waals surface area contributed by atoms with Crippen LogP contribution >= 0.6 is 0 Å². The van der Waals surface area contributed by atoms with E-state index in [0.717, 1.165) is 25.3 Å². The number of nitrogens with one attached hydrogen (secondary N) is 1. The quantitative estimate of drug-likeness (QED) is 0.743. The summed E-state index contributed by atoms with van der Waals surface area (Å²) in [5, 5.41) is 13.7. The summed E-state index contributed by atoms with van der Waals surface area (Å²) in [4.78, 5) is 4.34. The lowest BCUT2D eigenvalue weighted by molar-refractivity contribution is 0.0566. The molecule has 104 valence electrons. The van der Waals surface area contributed by atoms with Crippen molar-refractivity contribution < 1.29 is 5.11 Å². The number of aromatic nitrogens is 2. The molecule has 4 nitrogen and oxygen atoms in total. The van der Waals surface area contributed by atoms with Gasteiger partial charge in [0, 0.05) is 31.9 Å². The lowest BCUT2D eigenvalue weighted by Crippen LogP contribution is -2.41. The molecule has 1 unspecified atom stereocenters. The summed E-state index contributed by atoms with van der Waals surface area (Å²) in [7, 11) is 0. The molecule has 0 aromatic carbocycles. The van der Waals surface area contributed by atoms with E-state index in [1.807, 2.05) is 19.3 Å². The maximum absolute atomic E-state index is 10.4. The van der Waals surface area contributed by atoms with Crippen molar-refractivity contribution in [2.45, 2.75) is 52.7 Å². The summed E-state index contributed by atoms with van der Waals surface area (Å²) in [5.41, 5.74) is -0.744. The van der Waals surface area contributed by atoms with E-state index < -0.39 is 5.60 Å². The van der Waals surface area contributed by atoms with Crippen LogP contribution in [0.1, 0.15) is 39.9 Å². The molecule has 0 saturated heterocycles. The van der Waals surface area contributed by atoms with Crippen LogP contribution < -0.4 is 5.32 Å². The smallest absolute Gasteiger partial charge is 0.111 e. The Hall–Kier alpha value is -0.870. The van der Waals surface area contributed by atoms with E-state index in [-0.39, 0.29) is 0 Å². The zero-order valence-corrected chi connectivity index (χ0v) is 12.1. The number of nitrogens with zero attached hydrogens (tertiary/aromatic N) is 2. The van der Waals surface area contributed by atoms with Crippen molar-refractivity contribution in [1.29, 1.82) is 0 Å². The summed E-state index contributed by atoms with van der Waals surface area (Å²) < 4.78 is 2.12. The predicted molar refractivity (Wildman–Crippen MR) is 74.6 cm³/mol. The van der Waals surface area contributed by atoms with E-state index in [0.29, 0.717) is 18.9 Å². The SMILES string of the molecule is CCCn1ccnc1CC(C)(O)CNCC(C)C. The molecule has 1 rings (SSSR count). The molecule has 4 heteroatoms. The van der Waals surface area contributed by atoms with Crippen molar-refractivity contribution in [3.63, 3.8) is 0 Å². The number of aryl methyl sites for hydroxylation is 1. The molecule has 1 heterocycles. The van der Waals surface area contributed by atoms with Gasteiger partial charge in [-0.3, -0.25) is 0 Å². The molecule has 18 heavy (non-hydrogen) atoms. The molecule has 0 aliphatic carbocycles. The third-order valence-corrected chi connectivity index (χ3v) is 2.86. The topological polar surface area (TPSA) is 50.1 Å². The van der Waals surface area contributed by atoms with Crippen molar-refractivity contribution in [1.82, 2.24) is 14.9 Å². The third kappa shape index (κ3) is 5.19. The normalized spacial score (nSPS) is 15.0. The van der Waals surface area contributed by atoms with Gasteiger partial charge in [-0.1, -0.05) is 20.8 Å². The molecule has 0 aliphatic heterocycles. The van der Waals surface area contributed by atoms with Gasteiger partial charge in [-0.2, -0.15) is 0 Å². The van der Waals surface area contributed by atoms with Gasteiger partial charge in [-0.25, -0.2) is 4.98 Å². The van der Waals surface area contributed by atoms with Gasteiger partial charge >= 0.3 is 0 Å². The summed E-state index contributed by atoms with van der Waals surface area (Å²) in [6, 6.07) is 0. The van der Waals surface area contributed by atoms with Gasteiger partial charge in [-0.05, 0) is 25.8 Å². The zero-order chi connectivity index (χ0) is 13.6. The molecular formula is C14H27N3O. The predicted octanol–water partition coefficient (Wildman–Crippen LogP) is 1.83. The first-order valence-electron chi connectivity index (χ1n) is 6.87. The van der Waals surface area contributed by atoms with Crippen LogP contribution in [0.5, 0.6) is 0 Å². The van der Waals surface area contributed by atoms with Gasteiger partial charge in [0.05, 0.1) is 5.60 Å². The number of hydrogen-bond acceptors (Lipinski definition) is 3. The Kier molecular flexibility index (Phi) is 5.82. The van der Waals surface area contributed by atoms with Crippen LogP contribution in [0.3, 0.4) is 0 Å². The van der Waals surface area contributed by atoms with Crippen LogP contribution in [0.25, 0.3) is 0 Å². The molecule has 0 spiro atoms. The minimum atomic E-state index is -0.744. The second kappa shape index (κ2) is 6.90. The second-order valence-electron chi connectivity index (χ2n) is 5.74. The Morgan fingerprint density at radius 2 is 2.22 bits per heavy atom. The zero-order valence-electron chi connectivity index (χ0n) is 12.1. The van der Waals surface area contributed by atoms with E-state index in [9.17, 15) is 5.11 Å². The highest BCUT2D eigenvalue weighted by Gasteiger charge is 2.23. The number of hydrogen-bond donors (Lipinski definition) is 2. The highest BCUT2D eigenvalue weighted by atomic mass is 16.3. The van der Waals surface area contributed by atoms with E-state index in [1.54, 1.807) is 0 Å². The summed E-state index contributed by atoms with van der Waals surface area (Å²) >= 11 is 0. The first-order chi connectivity index (χ1) is 8.44. The Morgan fingerprint density at radius 1 is 1.50 bits per heavy atom. The number of imidazole rings is 1. The molecule has 1 aromatic heterocycles. The average molecular weight is 253 g/mol. The van der Waals surface area contributed by atoms with Gasteiger partial charge in [0.2, 0.25) is 0 Å². The molecule has 0 bridgehead atoms. The fourth-order valence-electron chi connectivity index (χ4n) is 1.98. The average Bonchev–Trinajstić information content (AvgIpc) is 2.64. The molecule has 0 saturated carbocycles. The number of rotatable bonds is 8. The monoisotopic (exact) mass is 253 g/mol. The van der Waals surface area contributed by atoms with Crippen LogP contribution in [-0.4, -0.2) is 33.3 Å². The van der Waals surface area contributed by atoms with Crippen LogP contribution in [0, 0.1) is 5.92 Å². The number of aliphatic hydroxyl groups is 1. The molecule has 1 aromatic rings. The Labute approximate surface area is 110 Å². The Bertz CT molecular complexity index is 345. The lowest BCUT2D eigenvalue weighted by Gasteiger charge is -2.24. The van der Waals surface area contributed by atoms with Gasteiger partial charge in [0.1, 0.15) is 5.82 Å². The first-order valence-corrected chi connectivity index (χ1v) is 6.87. The Morgan fingerprint density at radius 3 is 2.83 bits per heavy atom. The molecule has 0 radical (unpaired) electrons. The minimum absolute atomic E-state index is 0.588. The summed E-state index contributed by atoms with van der Waals surface area (Å²) in [6.45, 7) is 10.8. The van der Waals surface area contributed by atoms with Gasteiger partial charge in [0.25, 0.3) is 0 Å². The van der Waals surface area contributed by atoms with E-state index in [1.165, 1.54) is 0 Å². The highest BCUT2D eigenvalue weighted by molar-refractivity contribution is 4.98. The van der Waals surface area contributed by atoms with Crippen LogP contribution in [-0.2, 0) is 13.0 Å². The largest absolute Gasteiger partial charge is 0.388 e. The minimum Gasteiger partial charge on any atom is -0.388 e. The van der Waals surface area contributed by atoms with Crippen LogP contribution in [0.4, 0.5) is 0 Å². The van der Waals surface area contributed by atoms with Gasteiger partial charge in [-0.15, -0.1) is 0 Å². The Balaban J connectivity index is 2.50. The fourth-order valence-corrected chi connectivity index (χ4v) is 1.98. The standard InChI is InChI=1S/C14H27N3O/c1-5-7-17-8-6-16-13(17)9-14(4,18)11-15-10-12(2)3/h6,8,12,15,18H,5,7,9-11H2,1-4H3. The highest BCUT2D eigenvalue weighted by Crippen LogP contribution is 2.11.